The Morgan fingerprint density at radius 1 is 1.08 bits per heavy atom. The summed E-state index contributed by atoms with van der Waals surface area (Å²) in [5.74, 6) is -0.438. The quantitative estimate of drug-likeness (QED) is 0.388. The molecular formula is C6H12N2O5. The van der Waals surface area contributed by atoms with Gasteiger partial charge in [-0.15, -0.1) is 0 Å². The van der Waals surface area contributed by atoms with Crippen molar-refractivity contribution in [1.82, 2.24) is 10.6 Å². The Morgan fingerprint density at radius 3 is 1.69 bits per heavy atom. The van der Waals surface area contributed by atoms with E-state index in [1.54, 1.807) is 0 Å². The molecule has 0 aliphatic rings. The second-order valence-corrected chi connectivity index (χ2v) is 2.42. The van der Waals surface area contributed by atoms with Crippen molar-refractivity contribution in [2.45, 2.75) is 0 Å². The van der Waals surface area contributed by atoms with E-state index in [2.05, 4.69) is 0 Å². The summed E-state index contributed by atoms with van der Waals surface area (Å²) in [6.45, 7) is -0.237. The molecule has 0 aromatic heterocycles. The number of carbonyl (C=O) groups is 2. The highest BCUT2D eigenvalue weighted by Crippen LogP contribution is 1.90. The van der Waals surface area contributed by atoms with E-state index in [4.69, 9.17) is 15.3 Å². The first-order chi connectivity index (χ1) is 6.06. The minimum absolute atomic E-state index is 0.0200. The lowest BCUT2D eigenvalue weighted by Gasteiger charge is -2.12. The summed E-state index contributed by atoms with van der Waals surface area (Å²) in [6, 6.07) is 0. The van der Waals surface area contributed by atoms with Crippen molar-refractivity contribution >= 4 is 12.2 Å². The van der Waals surface area contributed by atoms with Crippen molar-refractivity contribution in [3.8, 4) is 0 Å². The average molecular weight is 192 g/mol. The summed E-state index contributed by atoms with van der Waals surface area (Å²) >= 11 is 0. The highest BCUT2D eigenvalue weighted by molar-refractivity contribution is 5.65. The Hall–Kier alpha value is -1.50. The van der Waals surface area contributed by atoms with Gasteiger partial charge in [0.25, 0.3) is 0 Å². The van der Waals surface area contributed by atoms with Gasteiger partial charge in [-0.25, -0.2) is 9.59 Å². The fourth-order valence-electron chi connectivity index (χ4n) is 0.665. The number of nitrogens with one attached hydrogen (secondary N) is 2. The van der Waals surface area contributed by atoms with Gasteiger partial charge in [-0.2, -0.15) is 0 Å². The summed E-state index contributed by atoms with van der Waals surface area (Å²) in [5.41, 5.74) is 0. The van der Waals surface area contributed by atoms with Gasteiger partial charge in [0.2, 0.25) is 0 Å². The molecule has 0 bridgehead atoms. The molecule has 0 radical (unpaired) electrons. The average Bonchev–Trinajstić information content (AvgIpc) is 2.04. The van der Waals surface area contributed by atoms with Gasteiger partial charge in [0, 0.05) is 25.6 Å². The van der Waals surface area contributed by atoms with Crippen LogP contribution in [0.3, 0.4) is 0 Å². The monoisotopic (exact) mass is 192 g/mol. The first-order valence-corrected chi connectivity index (χ1v) is 3.60. The number of hydrogen-bond donors (Lipinski definition) is 5. The maximum Gasteiger partial charge on any atom is 0.404 e. The molecule has 0 aromatic rings. The second-order valence-electron chi connectivity index (χ2n) is 2.42. The summed E-state index contributed by atoms with van der Waals surface area (Å²) in [4.78, 5) is 20.1. The molecule has 0 atom stereocenters. The third kappa shape index (κ3) is 6.88. The first kappa shape index (κ1) is 11.5. The predicted molar refractivity (Wildman–Crippen MR) is 42.6 cm³/mol. The molecule has 0 rings (SSSR count). The molecule has 0 spiro atoms. The highest BCUT2D eigenvalue weighted by atomic mass is 16.4. The van der Waals surface area contributed by atoms with Crippen LogP contribution in [0, 0.1) is 5.92 Å². The third-order valence-corrected chi connectivity index (χ3v) is 1.34. The third-order valence-electron chi connectivity index (χ3n) is 1.34. The van der Waals surface area contributed by atoms with Crippen LogP contribution < -0.4 is 10.6 Å². The smallest absolute Gasteiger partial charge is 0.404 e. The number of amides is 2. The van der Waals surface area contributed by atoms with Crippen LogP contribution in [0.1, 0.15) is 0 Å². The van der Waals surface area contributed by atoms with Crippen molar-refractivity contribution in [1.29, 1.82) is 0 Å². The molecule has 0 aliphatic heterocycles. The standard InChI is InChI=1S/C6H12N2O5/c9-3-4(1-7-5(10)11)2-8-6(12)13/h4,7-9H,1-3H2,(H,10,11)(H,12,13). The summed E-state index contributed by atoms with van der Waals surface area (Å²) < 4.78 is 0. The van der Waals surface area contributed by atoms with E-state index in [1.165, 1.54) is 0 Å². The normalized spacial score (nSPS) is 9.69. The maximum absolute atomic E-state index is 10.0. The lowest BCUT2D eigenvalue weighted by molar-refractivity contribution is 0.177. The molecule has 0 aromatic carbocycles. The van der Waals surface area contributed by atoms with Crippen LogP contribution in [0.5, 0.6) is 0 Å². The molecule has 2 amide bonds. The molecule has 0 heterocycles. The van der Waals surface area contributed by atoms with Gasteiger partial charge >= 0.3 is 12.2 Å². The van der Waals surface area contributed by atoms with Crippen LogP contribution in [-0.2, 0) is 0 Å². The van der Waals surface area contributed by atoms with Crippen molar-refractivity contribution in [2.75, 3.05) is 19.7 Å². The first-order valence-electron chi connectivity index (χ1n) is 3.60. The van der Waals surface area contributed by atoms with Crippen molar-refractivity contribution in [3.05, 3.63) is 0 Å². The predicted octanol–water partition coefficient (Wildman–Crippen LogP) is -0.870. The molecule has 0 unspecified atom stereocenters. The molecule has 0 saturated carbocycles. The zero-order chi connectivity index (χ0) is 10.3. The second kappa shape index (κ2) is 6.06. The van der Waals surface area contributed by atoms with Crippen LogP contribution >= 0.6 is 0 Å². The van der Waals surface area contributed by atoms with Crippen molar-refractivity contribution in [3.63, 3.8) is 0 Å². The van der Waals surface area contributed by atoms with Gasteiger partial charge < -0.3 is 26.0 Å². The molecule has 5 N–H and O–H groups in total. The van der Waals surface area contributed by atoms with Gasteiger partial charge in [0.05, 0.1) is 0 Å². The minimum atomic E-state index is -1.20. The van der Waals surface area contributed by atoms with E-state index >= 15 is 0 Å². The van der Waals surface area contributed by atoms with Crippen LogP contribution in [0.4, 0.5) is 9.59 Å². The Bertz CT molecular complexity index is 166. The van der Waals surface area contributed by atoms with Crippen molar-refractivity contribution < 1.29 is 24.9 Å². The van der Waals surface area contributed by atoms with Gasteiger partial charge in [0.15, 0.2) is 0 Å². The van der Waals surface area contributed by atoms with Gasteiger partial charge in [-0.05, 0) is 0 Å². The van der Waals surface area contributed by atoms with E-state index in [1.807, 2.05) is 10.6 Å². The maximum atomic E-state index is 10.0. The summed E-state index contributed by atoms with van der Waals surface area (Å²) in [5, 5.41) is 29.2. The fourth-order valence-corrected chi connectivity index (χ4v) is 0.665. The van der Waals surface area contributed by atoms with Crippen LogP contribution in [0.25, 0.3) is 0 Å². The fraction of sp³-hybridized carbons (Fsp3) is 0.667. The number of aliphatic hydroxyl groups excluding tert-OH is 1. The van der Waals surface area contributed by atoms with E-state index in [0.29, 0.717) is 0 Å². The highest BCUT2D eigenvalue weighted by Gasteiger charge is 2.09. The van der Waals surface area contributed by atoms with Gasteiger partial charge in [0.1, 0.15) is 0 Å². The molecular weight excluding hydrogens is 180 g/mol. The van der Waals surface area contributed by atoms with E-state index in [9.17, 15) is 9.59 Å². The van der Waals surface area contributed by atoms with E-state index < -0.39 is 18.1 Å². The van der Waals surface area contributed by atoms with Crippen LogP contribution in [0.2, 0.25) is 0 Å². The zero-order valence-electron chi connectivity index (χ0n) is 6.86. The Morgan fingerprint density at radius 2 is 1.46 bits per heavy atom. The topological polar surface area (TPSA) is 119 Å². The van der Waals surface area contributed by atoms with Gasteiger partial charge in [-0.1, -0.05) is 0 Å². The molecule has 76 valence electrons. The van der Waals surface area contributed by atoms with Gasteiger partial charge in [-0.3, -0.25) is 0 Å². The molecule has 7 heteroatoms. The molecule has 0 aliphatic carbocycles. The summed E-state index contributed by atoms with van der Waals surface area (Å²) in [7, 11) is 0. The Kier molecular flexibility index (Phi) is 5.37. The largest absolute Gasteiger partial charge is 0.465 e. The molecule has 7 nitrogen and oxygen atoms in total. The van der Waals surface area contributed by atoms with E-state index in [-0.39, 0.29) is 19.7 Å². The minimum Gasteiger partial charge on any atom is -0.465 e. The van der Waals surface area contributed by atoms with Crippen molar-refractivity contribution in [2.24, 2.45) is 5.92 Å². The van der Waals surface area contributed by atoms with E-state index in [0.717, 1.165) is 0 Å². The summed E-state index contributed by atoms with van der Waals surface area (Å²) in [6.07, 6.45) is -2.40. The number of hydrogen-bond acceptors (Lipinski definition) is 3. The molecule has 13 heavy (non-hydrogen) atoms. The number of carboxylic acid groups (broad SMARTS) is 2. The number of aliphatic hydroxyl groups is 1. The lowest BCUT2D eigenvalue weighted by Crippen LogP contribution is -2.37. The molecule has 0 fully saturated rings. The lowest BCUT2D eigenvalue weighted by atomic mass is 10.1. The number of rotatable bonds is 5. The SMILES string of the molecule is O=C(O)NCC(CO)CNC(=O)O. The zero-order valence-corrected chi connectivity index (χ0v) is 6.86. The van der Waals surface area contributed by atoms with Crippen LogP contribution in [0.15, 0.2) is 0 Å². The molecule has 0 saturated heterocycles. The Labute approximate surface area is 74.4 Å². The van der Waals surface area contributed by atoms with Crippen LogP contribution in [-0.4, -0.2) is 47.2 Å². The Balaban J connectivity index is 3.63.